The summed E-state index contributed by atoms with van der Waals surface area (Å²) in [7, 11) is 0. The lowest BCUT2D eigenvalue weighted by Crippen LogP contribution is -2.72. The summed E-state index contributed by atoms with van der Waals surface area (Å²) >= 11 is 5.88. The molecule has 1 aromatic heterocycles. The molecule has 6 nitrogen and oxygen atoms in total. The molecule has 0 amide bonds. The van der Waals surface area contributed by atoms with Gasteiger partial charge in [-0.1, -0.05) is 23.7 Å². The smallest absolute Gasteiger partial charge is 0.354 e. The average molecular weight is 383 g/mol. The summed E-state index contributed by atoms with van der Waals surface area (Å²) in [6.07, 6.45) is 0. The summed E-state index contributed by atoms with van der Waals surface area (Å²) in [5.41, 5.74) is 9.62. The molecule has 0 spiro atoms. The van der Waals surface area contributed by atoms with Gasteiger partial charge in [-0.3, -0.25) is 5.32 Å². The number of aromatic nitrogens is 2. The van der Waals surface area contributed by atoms with Gasteiger partial charge in [0.25, 0.3) is 5.96 Å². The normalized spacial score (nSPS) is 11.3. The van der Waals surface area contributed by atoms with Crippen LogP contribution in [0, 0.1) is 13.8 Å². The molecular formula is C20H21ClN5O+. The first-order chi connectivity index (χ1) is 13.0. The lowest BCUT2D eigenvalue weighted by molar-refractivity contribution is -0.365. The van der Waals surface area contributed by atoms with Gasteiger partial charge in [0.15, 0.2) is 0 Å². The molecule has 0 radical (unpaired) electrons. The van der Waals surface area contributed by atoms with Crippen LogP contribution < -0.4 is 20.8 Å². The molecule has 0 atom stereocenters. The molecule has 0 aliphatic carbocycles. The van der Waals surface area contributed by atoms with Gasteiger partial charge in [0, 0.05) is 11.1 Å². The van der Waals surface area contributed by atoms with E-state index in [9.17, 15) is 0 Å². The average Bonchev–Trinajstić information content (AvgIpc) is 2.61. The number of hydrogen-bond acceptors (Lipinski definition) is 3. The molecule has 0 saturated carbocycles. The highest BCUT2D eigenvalue weighted by molar-refractivity contribution is 6.30. The van der Waals surface area contributed by atoms with Gasteiger partial charge in [-0.05, 0) is 55.8 Å². The fourth-order valence-corrected chi connectivity index (χ4v) is 2.60. The summed E-state index contributed by atoms with van der Waals surface area (Å²) in [6, 6.07) is 17.0. The van der Waals surface area contributed by atoms with Crippen molar-refractivity contribution in [2.24, 2.45) is 5.73 Å². The highest BCUT2D eigenvalue weighted by atomic mass is 35.5. The fraction of sp³-hybridized carbons (Fsp3) is 0.150. The Morgan fingerprint density at radius 1 is 1.04 bits per heavy atom. The van der Waals surface area contributed by atoms with Gasteiger partial charge in [-0.25, -0.2) is 4.99 Å². The summed E-state index contributed by atoms with van der Waals surface area (Å²) in [6.45, 7) is 4.29. The first kappa shape index (κ1) is 18.7. The zero-order chi connectivity index (χ0) is 19.2. The molecule has 3 rings (SSSR count). The van der Waals surface area contributed by atoms with E-state index >= 15 is 0 Å². The Morgan fingerprint density at radius 2 is 1.67 bits per heavy atom. The molecule has 0 aliphatic heterocycles. The van der Waals surface area contributed by atoms with Gasteiger partial charge in [0.1, 0.15) is 12.4 Å². The Kier molecular flexibility index (Phi) is 5.88. The van der Waals surface area contributed by atoms with Crippen LogP contribution in [0.4, 0.5) is 11.6 Å². The maximum atomic E-state index is 6.00. The Balaban J connectivity index is 1.59. The highest BCUT2D eigenvalue weighted by Crippen LogP contribution is 2.17. The Morgan fingerprint density at radius 3 is 2.30 bits per heavy atom. The Labute approximate surface area is 163 Å². The molecule has 0 saturated heterocycles. The van der Waals surface area contributed by atoms with Gasteiger partial charge >= 0.3 is 5.95 Å². The van der Waals surface area contributed by atoms with Crippen LogP contribution in [-0.4, -0.2) is 15.9 Å². The quantitative estimate of drug-likeness (QED) is 0.466. The largest absolute Gasteiger partial charge is 0.489 e. The van der Waals surface area contributed by atoms with E-state index < -0.39 is 0 Å². The number of hydrogen-bond donors (Lipinski definition) is 3. The fourth-order valence-electron chi connectivity index (χ4n) is 2.47. The number of nitrogens with two attached hydrogens (primary N) is 1. The number of aryl methyl sites for hydroxylation is 2. The van der Waals surface area contributed by atoms with Crippen LogP contribution in [0.2, 0.25) is 5.02 Å². The summed E-state index contributed by atoms with van der Waals surface area (Å²) in [5, 5.41) is 3.78. The Hall–Kier alpha value is -3.12. The van der Waals surface area contributed by atoms with Gasteiger partial charge < -0.3 is 10.5 Å². The van der Waals surface area contributed by atoms with Crippen molar-refractivity contribution in [2.75, 3.05) is 5.32 Å². The van der Waals surface area contributed by atoms with Gasteiger partial charge in [0.2, 0.25) is 0 Å². The van der Waals surface area contributed by atoms with Crippen molar-refractivity contribution in [2.45, 2.75) is 20.5 Å². The molecule has 0 unspecified atom stereocenters. The van der Waals surface area contributed by atoms with E-state index in [1.54, 1.807) is 0 Å². The third-order valence-corrected chi connectivity index (χ3v) is 3.93. The molecule has 0 aliphatic rings. The molecule has 2 aromatic carbocycles. The van der Waals surface area contributed by atoms with Crippen molar-refractivity contribution >= 4 is 29.2 Å². The maximum absolute atomic E-state index is 6.00. The van der Waals surface area contributed by atoms with Gasteiger partial charge in [-0.15, -0.1) is 9.97 Å². The van der Waals surface area contributed by atoms with E-state index in [-0.39, 0.29) is 0 Å². The second-order valence-electron chi connectivity index (χ2n) is 6.08. The third-order valence-electron chi connectivity index (χ3n) is 3.68. The second-order valence-corrected chi connectivity index (χ2v) is 6.51. The van der Waals surface area contributed by atoms with Crippen molar-refractivity contribution in [3.8, 4) is 5.75 Å². The van der Waals surface area contributed by atoms with Crippen LogP contribution >= 0.6 is 11.6 Å². The number of anilines is 1. The van der Waals surface area contributed by atoms with Crippen molar-refractivity contribution in [1.82, 2.24) is 9.97 Å². The number of guanidine groups is 1. The standard InChI is InChI=1S/C20H20ClN5O/c1-13-11-14(2)24-20(23-13)26-19(22)25-17-7-9-18(10-8-17)27-12-15-3-5-16(21)6-4-15/h3-11H,12H2,1-2H3,(H3,22,23,24,25,26)/p+1. The molecule has 138 valence electrons. The van der Waals surface area contributed by atoms with Crippen LogP contribution in [-0.2, 0) is 6.61 Å². The summed E-state index contributed by atoms with van der Waals surface area (Å²) in [4.78, 5) is 11.6. The summed E-state index contributed by atoms with van der Waals surface area (Å²) < 4.78 is 5.77. The second kappa shape index (κ2) is 8.51. The maximum Gasteiger partial charge on any atom is 0.354 e. The number of nitrogens with one attached hydrogen (secondary N) is 2. The van der Waals surface area contributed by atoms with Crippen LogP contribution in [0.5, 0.6) is 5.75 Å². The van der Waals surface area contributed by atoms with Crippen molar-refractivity contribution < 1.29 is 9.73 Å². The number of ether oxygens (including phenoxy) is 1. The van der Waals surface area contributed by atoms with Gasteiger partial charge in [-0.2, -0.15) is 0 Å². The number of rotatable bonds is 5. The predicted octanol–water partition coefficient (Wildman–Crippen LogP) is 2.46. The van der Waals surface area contributed by atoms with E-state index in [0.717, 1.165) is 28.4 Å². The van der Waals surface area contributed by atoms with E-state index in [4.69, 9.17) is 22.1 Å². The highest BCUT2D eigenvalue weighted by Gasteiger charge is 2.06. The molecule has 0 bridgehead atoms. The molecule has 4 N–H and O–H groups in total. The van der Waals surface area contributed by atoms with Crippen molar-refractivity contribution in [1.29, 1.82) is 0 Å². The zero-order valence-electron chi connectivity index (χ0n) is 15.2. The lowest BCUT2D eigenvalue weighted by atomic mass is 10.2. The molecule has 7 heteroatoms. The molecule has 1 heterocycles. The zero-order valence-corrected chi connectivity index (χ0v) is 15.9. The SMILES string of the molecule is Cc1cc(C)nc([NH+]=C(N)Nc2ccc(OCc3ccc(Cl)cc3)cc2)n1. The topological polar surface area (TPSA) is 87.0 Å². The van der Waals surface area contributed by atoms with E-state index in [0.29, 0.717) is 23.5 Å². The minimum absolute atomic E-state index is 0.342. The van der Waals surface area contributed by atoms with E-state index in [1.807, 2.05) is 68.4 Å². The van der Waals surface area contributed by atoms with Crippen LogP contribution in [0.25, 0.3) is 0 Å². The number of nitrogens with zero attached hydrogens (tertiary/aromatic N) is 2. The van der Waals surface area contributed by atoms with Crippen LogP contribution in [0.1, 0.15) is 17.0 Å². The number of benzene rings is 2. The first-order valence-corrected chi connectivity index (χ1v) is 8.82. The van der Waals surface area contributed by atoms with Gasteiger partial charge in [0.05, 0.1) is 17.1 Å². The number of halogens is 1. The van der Waals surface area contributed by atoms with Crippen LogP contribution in [0.3, 0.4) is 0 Å². The van der Waals surface area contributed by atoms with Crippen LogP contribution in [0.15, 0.2) is 54.6 Å². The molecule has 0 fully saturated rings. The molecular weight excluding hydrogens is 362 g/mol. The van der Waals surface area contributed by atoms with E-state index in [1.165, 1.54) is 0 Å². The first-order valence-electron chi connectivity index (χ1n) is 8.44. The minimum atomic E-state index is 0.342. The Bertz CT molecular complexity index is 919. The molecule has 27 heavy (non-hydrogen) atoms. The monoisotopic (exact) mass is 382 g/mol. The van der Waals surface area contributed by atoms with Crippen molar-refractivity contribution in [3.05, 3.63) is 76.6 Å². The lowest BCUT2D eigenvalue weighted by Gasteiger charge is -2.07. The molecule has 3 aromatic rings. The third kappa shape index (κ3) is 5.69. The summed E-state index contributed by atoms with van der Waals surface area (Å²) in [5.74, 6) is 1.56. The van der Waals surface area contributed by atoms with Crippen molar-refractivity contribution in [3.63, 3.8) is 0 Å². The predicted molar refractivity (Wildman–Crippen MR) is 107 cm³/mol. The van der Waals surface area contributed by atoms with E-state index in [2.05, 4.69) is 20.3 Å². The minimum Gasteiger partial charge on any atom is -0.489 e.